The van der Waals surface area contributed by atoms with E-state index in [0.717, 1.165) is 24.4 Å². The minimum atomic E-state index is 0.613. The van der Waals surface area contributed by atoms with Crippen LogP contribution in [-0.4, -0.2) is 42.3 Å². The molecular formula is C23H33N3. The zero-order valence-electron chi connectivity index (χ0n) is 16.8. The molecule has 1 saturated heterocycles. The zero-order valence-corrected chi connectivity index (χ0v) is 16.8. The van der Waals surface area contributed by atoms with E-state index in [1.807, 2.05) is 13.8 Å². The van der Waals surface area contributed by atoms with E-state index in [2.05, 4.69) is 49.2 Å². The molecule has 140 valence electrons. The second kappa shape index (κ2) is 8.77. The molecule has 1 aromatic heterocycles. The van der Waals surface area contributed by atoms with E-state index < -0.39 is 0 Å². The molecule has 0 amide bonds. The molecule has 2 aliphatic heterocycles. The lowest BCUT2D eigenvalue weighted by atomic mass is 9.92. The van der Waals surface area contributed by atoms with Gasteiger partial charge in [0, 0.05) is 29.3 Å². The van der Waals surface area contributed by atoms with Crippen LogP contribution in [-0.2, 0) is 0 Å². The minimum Gasteiger partial charge on any atom is -0.306 e. The molecule has 3 nitrogen and oxygen atoms in total. The molecule has 3 heterocycles. The molecule has 0 N–H and O–H groups in total. The van der Waals surface area contributed by atoms with Gasteiger partial charge in [-0.25, -0.2) is 0 Å². The van der Waals surface area contributed by atoms with E-state index in [-0.39, 0.29) is 0 Å². The Labute approximate surface area is 158 Å². The zero-order chi connectivity index (χ0) is 18.5. The van der Waals surface area contributed by atoms with Crippen molar-refractivity contribution in [3.8, 4) is 0 Å². The Bertz CT molecular complexity index is 757. The first-order chi connectivity index (χ1) is 12.7. The van der Waals surface area contributed by atoms with Crippen LogP contribution < -0.4 is 0 Å². The summed E-state index contributed by atoms with van der Waals surface area (Å²) in [5.41, 5.74) is 4.93. The number of benzene rings is 1. The van der Waals surface area contributed by atoms with Crippen molar-refractivity contribution < 1.29 is 0 Å². The quantitative estimate of drug-likeness (QED) is 0.735. The lowest BCUT2D eigenvalue weighted by Gasteiger charge is -2.28. The van der Waals surface area contributed by atoms with Crippen molar-refractivity contribution >= 4 is 16.6 Å². The molecule has 1 fully saturated rings. The fourth-order valence-corrected chi connectivity index (χ4v) is 3.90. The maximum absolute atomic E-state index is 5.02. The standard InChI is InChI=1S/C21H27N3.C2H6/c1-15-3-7-19(22-14-15)18-5-4-16-6-8-20(23-21(16)13-18)17-9-11-24(2)12-10-17;1-2/h4-6,8,13,15,17H,3,7,9-12,14H2,1-2H3;1-2H3. The van der Waals surface area contributed by atoms with Gasteiger partial charge in [-0.3, -0.25) is 9.98 Å². The Hall–Kier alpha value is -1.74. The SMILES string of the molecule is CC.CC1CCC(c2ccc3ccc(C4CCN(C)CC4)nc3c2)=NC1. The molecule has 0 aliphatic carbocycles. The number of aromatic nitrogens is 1. The van der Waals surface area contributed by atoms with E-state index in [1.54, 1.807) is 0 Å². The fourth-order valence-electron chi connectivity index (χ4n) is 3.90. The summed E-state index contributed by atoms with van der Waals surface area (Å²) in [5.74, 6) is 1.34. The molecule has 0 saturated carbocycles. The highest BCUT2D eigenvalue weighted by atomic mass is 15.1. The molecule has 4 rings (SSSR count). The van der Waals surface area contributed by atoms with E-state index >= 15 is 0 Å². The summed E-state index contributed by atoms with van der Waals surface area (Å²) in [4.78, 5) is 12.2. The highest BCUT2D eigenvalue weighted by molar-refractivity contribution is 6.03. The van der Waals surface area contributed by atoms with Gasteiger partial charge in [0.2, 0.25) is 0 Å². The Morgan fingerprint density at radius 1 is 1.00 bits per heavy atom. The van der Waals surface area contributed by atoms with Crippen LogP contribution in [0, 0.1) is 5.92 Å². The van der Waals surface area contributed by atoms with Gasteiger partial charge < -0.3 is 4.90 Å². The van der Waals surface area contributed by atoms with Gasteiger partial charge in [-0.15, -0.1) is 0 Å². The summed E-state index contributed by atoms with van der Waals surface area (Å²) in [7, 11) is 2.21. The van der Waals surface area contributed by atoms with Crippen molar-refractivity contribution in [2.45, 2.75) is 52.4 Å². The van der Waals surface area contributed by atoms with E-state index in [9.17, 15) is 0 Å². The number of hydrogen-bond acceptors (Lipinski definition) is 3. The number of piperidine rings is 1. The molecule has 3 heteroatoms. The third-order valence-electron chi connectivity index (χ3n) is 5.65. The lowest BCUT2D eigenvalue weighted by molar-refractivity contribution is 0.253. The van der Waals surface area contributed by atoms with Crippen molar-refractivity contribution in [1.29, 1.82) is 0 Å². The smallest absolute Gasteiger partial charge is 0.0712 e. The van der Waals surface area contributed by atoms with E-state index in [1.165, 1.54) is 54.7 Å². The van der Waals surface area contributed by atoms with Gasteiger partial charge in [0.15, 0.2) is 0 Å². The molecule has 1 atom stereocenters. The topological polar surface area (TPSA) is 28.5 Å². The van der Waals surface area contributed by atoms with Crippen molar-refractivity contribution in [2.24, 2.45) is 10.9 Å². The molecule has 2 aliphatic rings. The average Bonchev–Trinajstić information content (AvgIpc) is 2.70. The first-order valence-electron chi connectivity index (χ1n) is 10.3. The predicted molar refractivity (Wildman–Crippen MR) is 112 cm³/mol. The maximum atomic E-state index is 5.02. The molecule has 0 spiro atoms. The van der Waals surface area contributed by atoms with Gasteiger partial charge >= 0.3 is 0 Å². The van der Waals surface area contributed by atoms with Crippen molar-refractivity contribution in [3.05, 3.63) is 41.6 Å². The second-order valence-electron chi connectivity index (χ2n) is 7.65. The van der Waals surface area contributed by atoms with Gasteiger partial charge in [-0.1, -0.05) is 39.0 Å². The van der Waals surface area contributed by atoms with Crippen LogP contribution in [0.2, 0.25) is 0 Å². The number of fused-ring (bicyclic) bond motifs is 1. The van der Waals surface area contributed by atoms with Crippen LogP contribution in [0.5, 0.6) is 0 Å². The molecule has 1 aromatic carbocycles. The Balaban J connectivity index is 0.000000948. The van der Waals surface area contributed by atoms with Gasteiger partial charge in [0.25, 0.3) is 0 Å². The second-order valence-corrected chi connectivity index (χ2v) is 7.65. The largest absolute Gasteiger partial charge is 0.306 e. The minimum absolute atomic E-state index is 0.613. The Kier molecular flexibility index (Phi) is 6.42. The van der Waals surface area contributed by atoms with Gasteiger partial charge in [0.05, 0.1) is 5.52 Å². The predicted octanol–water partition coefficient (Wildman–Crippen LogP) is 5.29. The van der Waals surface area contributed by atoms with E-state index in [0.29, 0.717) is 5.92 Å². The van der Waals surface area contributed by atoms with Crippen LogP contribution in [0.15, 0.2) is 35.3 Å². The maximum Gasteiger partial charge on any atom is 0.0712 e. The third-order valence-corrected chi connectivity index (χ3v) is 5.65. The average molecular weight is 352 g/mol. The van der Waals surface area contributed by atoms with Crippen LogP contribution >= 0.6 is 0 Å². The van der Waals surface area contributed by atoms with Crippen LogP contribution in [0.4, 0.5) is 0 Å². The highest BCUT2D eigenvalue weighted by Gasteiger charge is 2.20. The van der Waals surface area contributed by atoms with Gasteiger partial charge in [-0.05, 0) is 69.4 Å². The molecule has 26 heavy (non-hydrogen) atoms. The number of likely N-dealkylation sites (tertiary alicyclic amines) is 1. The normalized spacial score (nSPS) is 21.8. The van der Waals surface area contributed by atoms with E-state index in [4.69, 9.17) is 9.98 Å². The number of pyridine rings is 1. The van der Waals surface area contributed by atoms with Gasteiger partial charge in [-0.2, -0.15) is 0 Å². The monoisotopic (exact) mass is 351 g/mol. The fraction of sp³-hybridized carbons (Fsp3) is 0.565. The molecule has 0 radical (unpaired) electrons. The summed E-state index contributed by atoms with van der Waals surface area (Å²) in [5, 5.41) is 1.24. The van der Waals surface area contributed by atoms with Crippen molar-refractivity contribution in [1.82, 2.24) is 9.88 Å². The number of hydrogen-bond donors (Lipinski definition) is 0. The summed E-state index contributed by atoms with van der Waals surface area (Å²) >= 11 is 0. The molecule has 0 bridgehead atoms. The van der Waals surface area contributed by atoms with Crippen molar-refractivity contribution in [2.75, 3.05) is 26.7 Å². The summed E-state index contributed by atoms with van der Waals surface area (Å²) < 4.78 is 0. The molecule has 1 unspecified atom stereocenters. The highest BCUT2D eigenvalue weighted by Crippen LogP contribution is 2.28. The molecular weight excluding hydrogens is 318 g/mol. The number of rotatable bonds is 2. The third kappa shape index (κ3) is 4.32. The lowest BCUT2D eigenvalue weighted by Crippen LogP contribution is -2.29. The first kappa shape index (κ1) is 19.0. The van der Waals surface area contributed by atoms with Crippen LogP contribution in [0.25, 0.3) is 10.9 Å². The van der Waals surface area contributed by atoms with Crippen molar-refractivity contribution in [3.63, 3.8) is 0 Å². The Morgan fingerprint density at radius 2 is 1.73 bits per heavy atom. The Morgan fingerprint density at radius 3 is 2.42 bits per heavy atom. The molecule has 2 aromatic rings. The summed E-state index contributed by atoms with van der Waals surface area (Å²) in [6, 6.07) is 11.1. The number of aliphatic imine (C=N–C) groups is 1. The van der Waals surface area contributed by atoms with Crippen LogP contribution in [0.3, 0.4) is 0 Å². The van der Waals surface area contributed by atoms with Gasteiger partial charge in [0.1, 0.15) is 0 Å². The summed E-state index contributed by atoms with van der Waals surface area (Å²) in [6.07, 6.45) is 4.79. The van der Waals surface area contributed by atoms with Crippen LogP contribution in [0.1, 0.15) is 63.6 Å². The first-order valence-corrected chi connectivity index (χ1v) is 10.3. The summed E-state index contributed by atoms with van der Waals surface area (Å²) in [6.45, 7) is 9.62. The number of nitrogens with zero attached hydrogens (tertiary/aromatic N) is 3.